The number of nitrogens with zero attached hydrogens (tertiary/aromatic N) is 3. The molecule has 1 aromatic carbocycles. The number of rotatable bonds is 5. The molecule has 0 spiro atoms. The zero-order valence-electron chi connectivity index (χ0n) is 21.3. The number of benzene rings is 1. The van der Waals surface area contributed by atoms with Crippen LogP contribution in [0.25, 0.3) is 0 Å². The number of fused-ring (bicyclic) bond motifs is 1. The number of alkyl carbamates (subject to hydrolysis) is 1. The van der Waals surface area contributed by atoms with Crippen LogP contribution in [-0.2, 0) is 14.9 Å². The van der Waals surface area contributed by atoms with Crippen LogP contribution in [0.1, 0.15) is 63.4 Å². The molecule has 2 aromatic rings. The van der Waals surface area contributed by atoms with Crippen molar-refractivity contribution in [3.63, 3.8) is 0 Å². The Morgan fingerprint density at radius 1 is 1.28 bits per heavy atom. The number of amides is 3. The van der Waals surface area contributed by atoms with Gasteiger partial charge in [-0.2, -0.15) is 4.98 Å². The number of aromatic nitrogens is 2. The molecule has 0 bridgehead atoms. The summed E-state index contributed by atoms with van der Waals surface area (Å²) in [4.78, 5) is 47.5. The second-order valence-corrected chi connectivity index (χ2v) is 10.7. The third-order valence-electron chi connectivity index (χ3n) is 6.24. The Bertz CT molecular complexity index is 1210. The van der Waals surface area contributed by atoms with E-state index in [1.807, 2.05) is 51.7 Å². The summed E-state index contributed by atoms with van der Waals surface area (Å²) in [6, 6.07) is 5.35. The molecule has 2 aliphatic rings. The molecule has 1 saturated heterocycles. The molecule has 0 radical (unpaired) electrons. The van der Waals surface area contributed by atoms with Crippen LogP contribution >= 0.6 is 0 Å². The number of piperidine rings is 1. The molecule has 4 rings (SSSR count). The predicted octanol–water partition coefficient (Wildman–Crippen LogP) is 3.04. The van der Waals surface area contributed by atoms with Gasteiger partial charge in [0.15, 0.2) is 0 Å². The zero-order valence-corrected chi connectivity index (χ0v) is 21.3. The van der Waals surface area contributed by atoms with Gasteiger partial charge in [0, 0.05) is 36.7 Å². The largest absolute Gasteiger partial charge is 0.444 e. The molecular formula is C25H33N7O4. The Balaban J connectivity index is 1.55. The zero-order chi connectivity index (χ0) is 26.3. The summed E-state index contributed by atoms with van der Waals surface area (Å²) in [5.74, 6) is -0.0526. The van der Waals surface area contributed by atoms with Crippen LogP contribution in [0.3, 0.4) is 0 Å². The fourth-order valence-electron chi connectivity index (χ4n) is 4.34. The Morgan fingerprint density at radius 3 is 2.72 bits per heavy atom. The van der Waals surface area contributed by atoms with E-state index in [4.69, 9.17) is 10.5 Å². The summed E-state index contributed by atoms with van der Waals surface area (Å²) in [5.41, 5.74) is 6.74. The highest BCUT2D eigenvalue weighted by Gasteiger charge is 2.38. The maximum Gasteiger partial charge on any atom is 0.407 e. The fraction of sp³-hybridized carbons (Fsp3) is 0.480. The SMILES string of the molecule is CC(C)(C)OC(=O)N[C@H]1CCCN(c2ncc(C(N)=O)c(Nc3ccc4c(c3)C(C)(C)C(=O)N4)n2)C1. The lowest BCUT2D eigenvalue weighted by atomic mass is 9.86. The van der Waals surface area contributed by atoms with Crippen LogP contribution in [0, 0.1) is 0 Å². The molecule has 3 amide bonds. The van der Waals surface area contributed by atoms with Crippen LogP contribution in [0.4, 0.5) is 27.9 Å². The molecular weight excluding hydrogens is 462 g/mol. The molecule has 11 nitrogen and oxygen atoms in total. The maximum atomic E-state index is 12.3. The molecule has 1 fully saturated rings. The summed E-state index contributed by atoms with van der Waals surface area (Å²) in [5, 5.41) is 8.97. The second kappa shape index (κ2) is 9.29. The van der Waals surface area contributed by atoms with Crippen molar-refractivity contribution in [3.8, 4) is 0 Å². The summed E-state index contributed by atoms with van der Waals surface area (Å²) in [6.45, 7) is 10.4. The van der Waals surface area contributed by atoms with Gasteiger partial charge in [-0.05, 0) is 71.2 Å². The van der Waals surface area contributed by atoms with Crippen molar-refractivity contribution >= 4 is 41.0 Å². The minimum atomic E-state index is -0.680. The van der Waals surface area contributed by atoms with Gasteiger partial charge in [0.2, 0.25) is 11.9 Å². The summed E-state index contributed by atoms with van der Waals surface area (Å²) >= 11 is 0. The molecule has 1 aromatic heterocycles. The lowest BCUT2D eigenvalue weighted by Gasteiger charge is -2.33. The highest BCUT2D eigenvalue weighted by Crippen LogP contribution is 2.39. The van der Waals surface area contributed by atoms with Crippen molar-refractivity contribution < 1.29 is 19.1 Å². The van der Waals surface area contributed by atoms with E-state index in [-0.39, 0.29) is 23.3 Å². The van der Waals surface area contributed by atoms with Crippen molar-refractivity contribution in [3.05, 3.63) is 35.5 Å². The van der Waals surface area contributed by atoms with Crippen molar-refractivity contribution in [2.75, 3.05) is 28.6 Å². The van der Waals surface area contributed by atoms with Gasteiger partial charge in [0.05, 0.1) is 5.41 Å². The standard InChI is InChI=1S/C25H33N7O4/c1-24(2,3)36-23(35)29-15-7-6-10-32(13-15)22-27-12-16(19(26)33)20(31-22)28-14-8-9-18-17(11-14)25(4,5)21(34)30-18/h8-9,11-12,15H,6-7,10,13H2,1-5H3,(H2,26,33)(H,29,35)(H,30,34)(H,27,28,31)/t15-/m0/s1. The summed E-state index contributed by atoms with van der Waals surface area (Å²) < 4.78 is 5.38. The van der Waals surface area contributed by atoms with Gasteiger partial charge < -0.3 is 31.3 Å². The number of nitrogens with two attached hydrogens (primary N) is 1. The van der Waals surface area contributed by atoms with Gasteiger partial charge in [-0.1, -0.05) is 0 Å². The van der Waals surface area contributed by atoms with E-state index in [0.29, 0.717) is 24.7 Å². The van der Waals surface area contributed by atoms with Crippen molar-refractivity contribution in [2.24, 2.45) is 5.73 Å². The molecule has 3 heterocycles. The first kappa shape index (κ1) is 25.2. The third-order valence-corrected chi connectivity index (χ3v) is 6.24. The highest BCUT2D eigenvalue weighted by atomic mass is 16.6. The van der Waals surface area contributed by atoms with Crippen LogP contribution in [0.2, 0.25) is 0 Å². The molecule has 0 unspecified atom stereocenters. The van der Waals surface area contributed by atoms with E-state index in [9.17, 15) is 14.4 Å². The van der Waals surface area contributed by atoms with Gasteiger partial charge in [0.1, 0.15) is 17.0 Å². The summed E-state index contributed by atoms with van der Waals surface area (Å²) in [7, 11) is 0. The Kier molecular flexibility index (Phi) is 6.50. The first-order chi connectivity index (χ1) is 16.8. The van der Waals surface area contributed by atoms with Gasteiger partial charge in [-0.15, -0.1) is 0 Å². The highest BCUT2D eigenvalue weighted by molar-refractivity contribution is 6.06. The lowest BCUT2D eigenvalue weighted by Crippen LogP contribution is -2.49. The first-order valence-corrected chi connectivity index (χ1v) is 12.0. The average Bonchev–Trinajstić information content (AvgIpc) is 3.00. The van der Waals surface area contributed by atoms with Crippen molar-refractivity contribution in [1.82, 2.24) is 15.3 Å². The molecule has 1 atom stereocenters. The number of anilines is 4. The smallest absolute Gasteiger partial charge is 0.407 e. The van der Waals surface area contributed by atoms with E-state index in [0.717, 1.165) is 24.1 Å². The second-order valence-electron chi connectivity index (χ2n) is 10.7. The van der Waals surface area contributed by atoms with E-state index in [1.165, 1.54) is 6.20 Å². The van der Waals surface area contributed by atoms with Gasteiger partial charge in [0.25, 0.3) is 5.91 Å². The van der Waals surface area contributed by atoms with Crippen LogP contribution in [0.5, 0.6) is 0 Å². The summed E-state index contributed by atoms with van der Waals surface area (Å²) in [6.07, 6.45) is 2.57. The minimum absolute atomic E-state index is 0.0727. The quantitative estimate of drug-likeness (QED) is 0.494. The molecule has 11 heteroatoms. The van der Waals surface area contributed by atoms with Gasteiger partial charge in [-0.25, -0.2) is 9.78 Å². The first-order valence-electron chi connectivity index (χ1n) is 12.0. The van der Waals surface area contributed by atoms with Crippen LogP contribution in [-0.4, -0.2) is 52.6 Å². The van der Waals surface area contributed by atoms with Crippen molar-refractivity contribution in [2.45, 2.75) is 64.5 Å². The lowest BCUT2D eigenvalue weighted by molar-refractivity contribution is -0.119. The minimum Gasteiger partial charge on any atom is -0.444 e. The molecule has 36 heavy (non-hydrogen) atoms. The van der Waals surface area contributed by atoms with Gasteiger partial charge >= 0.3 is 6.09 Å². The number of primary amides is 1. The van der Waals surface area contributed by atoms with E-state index in [1.54, 1.807) is 6.07 Å². The van der Waals surface area contributed by atoms with Gasteiger partial charge in [-0.3, -0.25) is 9.59 Å². The number of carbonyl (C=O) groups excluding carboxylic acids is 3. The number of hydrogen-bond acceptors (Lipinski definition) is 8. The Hall–Kier alpha value is -3.89. The van der Waals surface area contributed by atoms with Crippen LogP contribution < -0.4 is 26.6 Å². The Labute approximate surface area is 210 Å². The molecule has 192 valence electrons. The molecule has 2 aliphatic heterocycles. The third kappa shape index (κ3) is 5.34. The molecule has 5 N–H and O–H groups in total. The van der Waals surface area contributed by atoms with E-state index >= 15 is 0 Å². The average molecular weight is 496 g/mol. The van der Waals surface area contributed by atoms with E-state index < -0.39 is 23.0 Å². The van der Waals surface area contributed by atoms with E-state index in [2.05, 4.69) is 25.9 Å². The Morgan fingerprint density at radius 2 is 2.03 bits per heavy atom. The number of nitrogens with one attached hydrogen (secondary N) is 3. The monoisotopic (exact) mass is 495 g/mol. The van der Waals surface area contributed by atoms with Crippen molar-refractivity contribution in [1.29, 1.82) is 0 Å². The predicted molar refractivity (Wildman–Crippen MR) is 137 cm³/mol. The molecule has 0 saturated carbocycles. The topological polar surface area (TPSA) is 152 Å². The molecule has 0 aliphatic carbocycles. The van der Waals surface area contributed by atoms with Crippen LogP contribution in [0.15, 0.2) is 24.4 Å². The normalized spacial score (nSPS) is 18.8. The number of carbonyl (C=O) groups is 3. The fourth-order valence-corrected chi connectivity index (χ4v) is 4.34. The number of ether oxygens (including phenoxy) is 1. The number of hydrogen-bond donors (Lipinski definition) is 4. The maximum absolute atomic E-state index is 12.3.